The zero-order valence-electron chi connectivity index (χ0n) is 31.4. The lowest BCUT2D eigenvalue weighted by Crippen LogP contribution is -2.14. The summed E-state index contributed by atoms with van der Waals surface area (Å²) in [5, 5.41) is 2.37. The number of rotatable bonds is 9. The van der Waals surface area contributed by atoms with Crippen molar-refractivity contribution in [1.82, 2.24) is 4.57 Å². The van der Waals surface area contributed by atoms with Crippen molar-refractivity contribution in [2.75, 3.05) is 9.80 Å². The van der Waals surface area contributed by atoms with E-state index in [9.17, 15) is 0 Å². The van der Waals surface area contributed by atoms with Gasteiger partial charge in [-0.3, -0.25) is 0 Å². The largest absolute Gasteiger partial charge is 0.310 e. The van der Waals surface area contributed by atoms with Crippen molar-refractivity contribution in [2.45, 2.75) is 0 Å². The number of hydrogen-bond donors (Lipinski definition) is 0. The predicted octanol–water partition coefficient (Wildman–Crippen LogP) is 15.1. The second kappa shape index (κ2) is 14.9. The van der Waals surface area contributed by atoms with E-state index in [0.717, 1.165) is 56.4 Å². The highest BCUT2D eigenvalue weighted by Crippen LogP contribution is 2.48. The highest BCUT2D eigenvalue weighted by molar-refractivity contribution is 6.18. The normalized spacial score (nSPS) is 11.2. The van der Waals surface area contributed by atoms with E-state index in [0.29, 0.717) is 0 Å². The molecule has 270 valence electrons. The van der Waals surface area contributed by atoms with Gasteiger partial charge in [0.15, 0.2) is 0 Å². The van der Waals surface area contributed by atoms with Gasteiger partial charge in [0.2, 0.25) is 0 Å². The van der Waals surface area contributed by atoms with Crippen LogP contribution in [0.25, 0.3) is 49.7 Å². The third-order valence-corrected chi connectivity index (χ3v) is 10.7. The molecule has 0 radical (unpaired) electrons. The van der Waals surface area contributed by atoms with Gasteiger partial charge in [-0.2, -0.15) is 0 Å². The van der Waals surface area contributed by atoms with Crippen molar-refractivity contribution < 1.29 is 0 Å². The second-order valence-corrected chi connectivity index (χ2v) is 14.2. The summed E-state index contributed by atoms with van der Waals surface area (Å²) >= 11 is 0. The summed E-state index contributed by atoms with van der Waals surface area (Å²) in [6.45, 7) is 0. The van der Waals surface area contributed by atoms with Crippen LogP contribution in [0.15, 0.2) is 237 Å². The Hall–Kier alpha value is -7.62. The maximum atomic E-state index is 2.43. The Bertz CT molecular complexity index is 2880. The molecule has 0 aliphatic carbocycles. The fourth-order valence-electron chi connectivity index (χ4n) is 8.14. The van der Waals surface area contributed by atoms with Crippen LogP contribution >= 0.6 is 0 Å². The van der Waals surface area contributed by atoms with Gasteiger partial charge in [-0.1, -0.05) is 158 Å². The third kappa shape index (κ3) is 6.41. The van der Waals surface area contributed by atoms with Gasteiger partial charge in [0.05, 0.1) is 22.4 Å². The highest BCUT2D eigenvalue weighted by Gasteiger charge is 2.25. The number of hydrogen-bond acceptors (Lipinski definition) is 2. The molecule has 0 spiro atoms. The fraction of sp³-hybridized carbons (Fsp3) is 0. The standard InChI is InChI=1S/C54H39N3/c1-6-19-40(20-7-1)42-33-35-47(36-34-42)57-51-32-17-16-31-50(51)54-52(56(45-26-12-4-13-27-45)46-28-14-5-15-29-46)38-49(39-53(54)57)55(44-24-10-3-11-25-44)48-30-18-23-43(37-48)41-21-8-2-9-22-41/h1-39H. The van der Waals surface area contributed by atoms with Crippen LogP contribution < -0.4 is 9.80 Å². The van der Waals surface area contributed by atoms with Crippen molar-refractivity contribution in [3.8, 4) is 27.9 Å². The number of aromatic nitrogens is 1. The van der Waals surface area contributed by atoms with E-state index in [1.54, 1.807) is 0 Å². The fourth-order valence-corrected chi connectivity index (χ4v) is 8.14. The van der Waals surface area contributed by atoms with Gasteiger partial charge in [0, 0.05) is 39.2 Å². The number of nitrogens with zero attached hydrogens (tertiary/aromatic N) is 3. The summed E-state index contributed by atoms with van der Waals surface area (Å²) < 4.78 is 2.43. The van der Waals surface area contributed by atoms with E-state index in [2.05, 4.69) is 251 Å². The molecule has 10 aromatic rings. The minimum atomic E-state index is 1.05. The number of para-hydroxylation sites is 4. The summed E-state index contributed by atoms with van der Waals surface area (Å²) in [4.78, 5) is 4.80. The molecule has 0 fully saturated rings. The van der Waals surface area contributed by atoms with Crippen molar-refractivity contribution in [1.29, 1.82) is 0 Å². The van der Waals surface area contributed by atoms with Gasteiger partial charge < -0.3 is 14.4 Å². The molecule has 3 heteroatoms. The average Bonchev–Trinajstić information content (AvgIpc) is 3.63. The van der Waals surface area contributed by atoms with Gasteiger partial charge in [-0.25, -0.2) is 0 Å². The van der Waals surface area contributed by atoms with Crippen LogP contribution in [0.1, 0.15) is 0 Å². The molecule has 0 saturated carbocycles. The quantitative estimate of drug-likeness (QED) is 0.147. The summed E-state index contributed by atoms with van der Waals surface area (Å²) in [7, 11) is 0. The lowest BCUT2D eigenvalue weighted by molar-refractivity contribution is 1.17. The minimum Gasteiger partial charge on any atom is -0.310 e. The molecule has 0 saturated heterocycles. The Labute approximate surface area is 333 Å². The Morgan fingerprint density at radius 1 is 0.281 bits per heavy atom. The average molecular weight is 730 g/mol. The molecule has 0 amide bonds. The Morgan fingerprint density at radius 2 is 0.737 bits per heavy atom. The molecule has 0 aliphatic rings. The molecule has 0 aliphatic heterocycles. The number of anilines is 6. The molecule has 10 rings (SSSR count). The third-order valence-electron chi connectivity index (χ3n) is 10.7. The SMILES string of the molecule is c1ccc(-c2ccc(-n3c4ccccc4c4c(N(c5ccccc5)c5ccccc5)cc(N(c5ccccc5)c5cccc(-c6ccccc6)c5)cc43)cc2)cc1. The summed E-state index contributed by atoms with van der Waals surface area (Å²) in [6.07, 6.45) is 0. The molecule has 0 unspecified atom stereocenters. The van der Waals surface area contributed by atoms with Crippen molar-refractivity contribution in [2.24, 2.45) is 0 Å². The Balaban J connectivity index is 1.29. The minimum absolute atomic E-state index is 1.05. The first-order chi connectivity index (χ1) is 28.3. The van der Waals surface area contributed by atoms with E-state index < -0.39 is 0 Å². The van der Waals surface area contributed by atoms with Crippen molar-refractivity contribution >= 4 is 55.9 Å². The van der Waals surface area contributed by atoms with E-state index in [4.69, 9.17) is 0 Å². The topological polar surface area (TPSA) is 11.4 Å². The molecular weight excluding hydrogens is 691 g/mol. The van der Waals surface area contributed by atoms with E-state index >= 15 is 0 Å². The van der Waals surface area contributed by atoms with Crippen LogP contribution in [0, 0.1) is 0 Å². The first-order valence-corrected chi connectivity index (χ1v) is 19.4. The molecule has 3 nitrogen and oxygen atoms in total. The van der Waals surface area contributed by atoms with Gasteiger partial charge in [-0.15, -0.1) is 0 Å². The predicted molar refractivity (Wildman–Crippen MR) is 241 cm³/mol. The highest BCUT2D eigenvalue weighted by atomic mass is 15.2. The summed E-state index contributed by atoms with van der Waals surface area (Å²) in [6, 6.07) is 84.8. The van der Waals surface area contributed by atoms with Crippen LogP contribution in [-0.4, -0.2) is 4.57 Å². The van der Waals surface area contributed by atoms with Crippen LogP contribution in [0.4, 0.5) is 34.1 Å². The molecule has 1 heterocycles. The lowest BCUT2D eigenvalue weighted by Gasteiger charge is -2.30. The van der Waals surface area contributed by atoms with Crippen LogP contribution in [0.3, 0.4) is 0 Å². The first kappa shape index (κ1) is 33.9. The zero-order valence-corrected chi connectivity index (χ0v) is 31.4. The first-order valence-electron chi connectivity index (χ1n) is 19.4. The van der Waals surface area contributed by atoms with E-state index in [-0.39, 0.29) is 0 Å². The van der Waals surface area contributed by atoms with Gasteiger partial charge in [0.1, 0.15) is 0 Å². The molecule has 1 aromatic heterocycles. The molecule has 57 heavy (non-hydrogen) atoms. The Kier molecular flexibility index (Phi) is 8.86. The lowest BCUT2D eigenvalue weighted by atomic mass is 10.0. The van der Waals surface area contributed by atoms with Gasteiger partial charge in [-0.05, 0) is 101 Å². The van der Waals surface area contributed by atoms with Crippen LogP contribution in [0.5, 0.6) is 0 Å². The van der Waals surface area contributed by atoms with Gasteiger partial charge >= 0.3 is 0 Å². The molecule has 0 atom stereocenters. The van der Waals surface area contributed by atoms with Crippen LogP contribution in [-0.2, 0) is 0 Å². The van der Waals surface area contributed by atoms with Crippen molar-refractivity contribution in [3.05, 3.63) is 237 Å². The zero-order chi connectivity index (χ0) is 38.0. The monoisotopic (exact) mass is 729 g/mol. The maximum absolute atomic E-state index is 2.43. The molecule has 9 aromatic carbocycles. The van der Waals surface area contributed by atoms with E-state index in [1.165, 1.54) is 27.5 Å². The summed E-state index contributed by atoms with van der Waals surface area (Å²) in [5.41, 5.74) is 14.6. The van der Waals surface area contributed by atoms with Gasteiger partial charge in [0.25, 0.3) is 0 Å². The maximum Gasteiger partial charge on any atom is 0.0583 e. The number of fused-ring (bicyclic) bond motifs is 3. The Morgan fingerprint density at radius 3 is 1.33 bits per heavy atom. The van der Waals surface area contributed by atoms with E-state index in [1.807, 2.05) is 0 Å². The van der Waals surface area contributed by atoms with Crippen molar-refractivity contribution in [3.63, 3.8) is 0 Å². The van der Waals surface area contributed by atoms with Crippen LogP contribution in [0.2, 0.25) is 0 Å². The second-order valence-electron chi connectivity index (χ2n) is 14.2. The number of benzene rings is 9. The molecule has 0 bridgehead atoms. The summed E-state index contributed by atoms with van der Waals surface area (Å²) in [5.74, 6) is 0. The molecule has 0 N–H and O–H groups in total. The molecular formula is C54H39N3. The smallest absolute Gasteiger partial charge is 0.0583 e.